The van der Waals surface area contributed by atoms with E-state index in [-0.39, 0.29) is 12.1 Å². The predicted octanol–water partition coefficient (Wildman–Crippen LogP) is 2.63. The van der Waals surface area contributed by atoms with Gasteiger partial charge in [-0.3, -0.25) is 0 Å². The maximum absolute atomic E-state index is 11.5. The molecule has 1 aliphatic heterocycles. The average molecular weight is 299 g/mol. The fraction of sp³-hybridized carbons (Fsp3) is 0.462. The van der Waals surface area contributed by atoms with E-state index < -0.39 is 6.10 Å². The predicted molar refractivity (Wildman–Crippen MR) is 68.2 cm³/mol. The summed E-state index contributed by atoms with van der Waals surface area (Å²) < 4.78 is 10.4. The Balaban J connectivity index is 2.07. The minimum absolute atomic E-state index is 0.121. The molecule has 1 aromatic rings. The topological polar surface area (TPSA) is 38.8 Å². The van der Waals surface area contributed by atoms with Crippen molar-refractivity contribution in [3.05, 3.63) is 35.4 Å². The van der Waals surface area contributed by atoms with Crippen molar-refractivity contribution in [3.8, 4) is 0 Å². The average Bonchev–Trinajstić information content (AvgIpc) is 3.10. The van der Waals surface area contributed by atoms with Crippen LogP contribution in [0.15, 0.2) is 24.3 Å². The van der Waals surface area contributed by atoms with Gasteiger partial charge >= 0.3 is 5.97 Å². The highest BCUT2D eigenvalue weighted by atomic mass is 79.9. The van der Waals surface area contributed by atoms with Gasteiger partial charge in [0.2, 0.25) is 0 Å². The van der Waals surface area contributed by atoms with Gasteiger partial charge in [-0.25, -0.2) is 4.79 Å². The molecule has 2 rings (SSSR count). The summed E-state index contributed by atoms with van der Waals surface area (Å²) in [4.78, 5) is 11.5. The first-order valence-electron chi connectivity index (χ1n) is 5.73. The Labute approximate surface area is 109 Å². The third-order valence-corrected chi connectivity index (χ3v) is 3.13. The molecule has 1 fully saturated rings. The second-order valence-electron chi connectivity index (χ2n) is 3.87. The largest absolute Gasteiger partial charge is 0.464 e. The van der Waals surface area contributed by atoms with Crippen LogP contribution in [0.5, 0.6) is 0 Å². The van der Waals surface area contributed by atoms with Gasteiger partial charge in [-0.05, 0) is 24.5 Å². The van der Waals surface area contributed by atoms with Crippen LogP contribution in [-0.4, -0.2) is 24.0 Å². The molecule has 0 saturated carbocycles. The Hall–Kier alpha value is -0.870. The van der Waals surface area contributed by atoms with E-state index in [1.807, 2.05) is 18.2 Å². The Kier molecular flexibility index (Phi) is 4.18. The van der Waals surface area contributed by atoms with Crippen molar-refractivity contribution in [2.24, 2.45) is 0 Å². The van der Waals surface area contributed by atoms with Gasteiger partial charge in [0.25, 0.3) is 0 Å². The van der Waals surface area contributed by atoms with E-state index in [1.54, 1.807) is 6.92 Å². The summed E-state index contributed by atoms with van der Waals surface area (Å²) in [7, 11) is 0. The van der Waals surface area contributed by atoms with Crippen LogP contribution in [0.1, 0.15) is 24.2 Å². The Bertz CT molecular complexity index is 405. The highest BCUT2D eigenvalue weighted by molar-refractivity contribution is 9.09. The van der Waals surface area contributed by atoms with E-state index in [2.05, 4.69) is 22.0 Å². The number of carbonyl (C=O) groups is 1. The van der Waals surface area contributed by atoms with Crippen LogP contribution in [0.4, 0.5) is 0 Å². The van der Waals surface area contributed by atoms with Crippen molar-refractivity contribution >= 4 is 21.9 Å². The molecule has 3 nitrogen and oxygen atoms in total. The normalized spacial score (nSPS) is 22.2. The number of halogens is 1. The second-order valence-corrected chi connectivity index (χ2v) is 4.66. The molecular formula is C13H15BrO3. The van der Waals surface area contributed by atoms with Gasteiger partial charge in [-0.2, -0.15) is 0 Å². The van der Waals surface area contributed by atoms with Gasteiger partial charge in [-0.1, -0.05) is 40.2 Å². The van der Waals surface area contributed by atoms with E-state index >= 15 is 0 Å². The first-order chi connectivity index (χ1) is 8.27. The van der Waals surface area contributed by atoms with Crippen LogP contribution in [0.25, 0.3) is 0 Å². The molecule has 1 heterocycles. The lowest BCUT2D eigenvalue weighted by Crippen LogP contribution is -2.12. The van der Waals surface area contributed by atoms with Gasteiger partial charge < -0.3 is 9.47 Å². The molecule has 0 aromatic heterocycles. The summed E-state index contributed by atoms with van der Waals surface area (Å²) in [6.07, 6.45) is 0.404. The number of epoxide rings is 1. The van der Waals surface area contributed by atoms with Crippen molar-refractivity contribution in [1.82, 2.24) is 0 Å². The molecule has 0 amide bonds. The Morgan fingerprint density at radius 1 is 1.47 bits per heavy atom. The van der Waals surface area contributed by atoms with E-state index in [1.165, 1.54) is 5.56 Å². The first kappa shape index (κ1) is 12.6. The summed E-state index contributed by atoms with van der Waals surface area (Å²) in [6.45, 7) is 2.20. The molecule has 1 aromatic carbocycles. The van der Waals surface area contributed by atoms with Crippen LogP contribution in [-0.2, 0) is 20.7 Å². The third-order valence-electron chi connectivity index (χ3n) is 2.74. The van der Waals surface area contributed by atoms with Crippen molar-refractivity contribution in [1.29, 1.82) is 0 Å². The molecule has 0 spiro atoms. The zero-order valence-corrected chi connectivity index (χ0v) is 11.3. The van der Waals surface area contributed by atoms with E-state index in [0.29, 0.717) is 6.61 Å². The van der Waals surface area contributed by atoms with Crippen molar-refractivity contribution in [2.45, 2.75) is 25.6 Å². The van der Waals surface area contributed by atoms with E-state index in [0.717, 1.165) is 17.3 Å². The van der Waals surface area contributed by atoms with Gasteiger partial charge in [0.1, 0.15) is 6.10 Å². The van der Waals surface area contributed by atoms with Gasteiger partial charge in [0, 0.05) is 5.33 Å². The zero-order valence-electron chi connectivity index (χ0n) is 9.69. The number of hydrogen-bond acceptors (Lipinski definition) is 3. The molecule has 0 aliphatic carbocycles. The summed E-state index contributed by atoms with van der Waals surface area (Å²) >= 11 is 3.43. The lowest BCUT2D eigenvalue weighted by molar-refractivity contribution is -0.144. The molecule has 4 heteroatoms. The van der Waals surface area contributed by atoms with Crippen molar-refractivity contribution in [2.75, 3.05) is 11.9 Å². The van der Waals surface area contributed by atoms with E-state index in [4.69, 9.17) is 9.47 Å². The highest BCUT2D eigenvalue weighted by Crippen LogP contribution is 2.41. The number of hydrogen-bond donors (Lipinski definition) is 0. The number of rotatable bonds is 5. The quantitative estimate of drug-likeness (QED) is 0.476. The molecular weight excluding hydrogens is 284 g/mol. The minimum atomic E-state index is -0.411. The number of aryl methyl sites for hydroxylation is 1. The van der Waals surface area contributed by atoms with Crippen LogP contribution in [0.3, 0.4) is 0 Å². The fourth-order valence-electron chi connectivity index (χ4n) is 1.89. The molecule has 2 atom stereocenters. The maximum Gasteiger partial charge on any atom is 0.338 e. The number of ether oxygens (including phenoxy) is 2. The molecule has 92 valence electrons. The number of benzene rings is 1. The maximum atomic E-state index is 11.5. The molecule has 0 N–H and O–H groups in total. The molecule has 0 radical (unpaired) electrons. The lowest BCUT2D eigenvalue weighted by atomic mass is 10.0. The fourth-order valence-corrected chi connectivity index (χ4v) is 2.32. The van der Waals surface area contributed by atoms with Crippen LogP contribution in [0, 0.1) is 0 Å². The number of carbonyl (C=O) groups excluding carboxylic acids is 1. The summed E-state index contributed by atoms with van der Waals surface area (Å²) in [5.41, 5.74) is 2.33. The minimum Gasteiger partial charge on any atom is -0.464 e. The number of alkyl halides is 1. The zero-order chi connectivity index (χ0) is 12.3. The molecule has 1 aliphatic rings. The molecule has 0 bridgehead atoms. The molecule has 1 saturated heterocycles. The summed E-state index contributed by atoms with van der Waals surface area (Å²) in [5, 5.41) is 0.904. The third kappa shape index (κ3) is 2.87. The highest BCUT2D eigenvalue weighted by Gasteiger charge is 2.48. The SMILES string of the molecule is CCOC(=O)C1OC1c1ccccc1CCBr. The number of esters is 1. The standard InChI is InChI=1S/C13H15BrO3/c1-2-16-13(15)12-11(17-12)10-6-4-3-5-9(10)7-8-14/h3-6,11-12H,2,7-8H2,1H3. The van der Waals surface area contributed by atoms with E-state index in [9.17, 15) is 4.79 Å². The Morgan fingerprint density at radius 2 is 2.24 bits per heavy atom. The first-order valence-corrected chi connectivity index (χ1v) is 6.86. The van der Waals surface area contributed by atoms with Crippen LogP contribution >= 0.6 is 15.9 Å². The Morgan fingerprint density at radius 3 is 2.94 bits per heavy atom. The smallest absolute Gasteiger partial charge is 0.338 e. The lowest BCUT2D eigenvalue weighted by Gasteiger charge is -2.05. The second kappa shape index (κ2) is 5.65. The van der Waals surface area contributed by atoms with Crippen molar-refractivity contribution < 1.29 is 14.3 Å². The summed E-state index contributed by atoms with van der Waals surface area (Å²) in [6, 6.07) is 8.06. The monoisotopic (exact) mass is 298 g/mol. The molecule has 17 heavy (non-hydrogen) atoms. The van der Waals surface area contributed by atoms with Crippen molar-refractivity contribution in [3.63, 3.8) is 0 Å². The van der Waals surface area contributed by atoms with Crippen LogP contribution in [0.2, 0.25) is 0 Å². The van der Waals surface area contributed by atoms with Crippen LogP contribution < -0.4 is 0 Å². The molecule has 2 unspecified atom stereocenters. The summed E-state index contributed by atoms with van der Waals surface area (Å²) in [5.74, 6) is -0.258. The van der Waals surface area contributed by atoms with Gasteiger partial charge in [-0.15, -0.1) is 0 Å². The van der Waals surface area contributed by atoms with Gasteiger partial charge in [0.05, 0.1) is 6.61 Å². The van der Waals surface area contributed by atoms with Gasteiger partial charge in [0.15, 0.2) is 6.10 Å².